The number of amides is 1. The molecular formula is C15H14BrFN2O. The van der Waals surface area contributed by atoms with Gasteiger partial charge < -0.3 is 5.32 Å². The average molecular weight is 337 g/mol. The smallest absolute Gasteiger partial charge is 0.254 e. The lowest BCUT2D eigenvalue weighted by atomic mass is 10.1. The highest BCUT2D eigenvalue weighted by Crippen LogP contribution is 2.12. The van der Waals surface area contributed by atoms with Crippen molar-refractivity contribution in [2.24, 2.45) is 0 Å². The maximum absolute atomic E-state index is 13.4. The molecule has 2 rings (SSSR count). The zero-order valence-electron chi connectivity index (χ0n) is 10.9. The van der Waals surface area contributed by atoms with Crippen LogP contribution in [-0.4, -0.2) is 16.9 Å². The van der Waals surface area contributed by atoms with Gasteiger partial charge in [-0.15, -0.1) is 0 Å². The van der Waals surface area contributed by atoms with Gasteiger partial charge in [-0.1, -0.05) is 28.1 Å². The lowest BCUT2D eigenvalue weighted by Crippen LogP contribution is -2.34. The highest BCUT2D eigenvalue weighted by molar-refractivity contribution is 9.10. The molecule has 0 aliphatic heterocycles. The number of nitrogens with one attached hydrogen (secondary N) is 1. The van der Waals surface area contributed by atoms with Crippen LogP contribution in [-0.2, 0) is 6.42 Å². The third-order valence-electron chi connectivity index (χ3n) is 2.85. The minimum Gasteiger partial charge on any atom is -0.349 e. The number of halogens is 2. The molecule has 1 unspecified atom stereocenters. The van der Waals surface area contributed by atoms with Gasteiger partial charge >= 0.3 is 0 Å². The van der Waals surface area contributed by atoms with Crippen molar-refractivity contribution < 1.29 is 9.18 Å². The first-order chi connectivity index (χ1) is 9.56. The Morgan fingerprint density at radius 2 is 2.05 bits per heavy atom. The van der Waals surface area contributed by atoms with E-state index in [0.717, 1.165) is 16.2 Å². The van der Waals surface area contributed by atoms with E-state index in [-0.39, 0.29) is 11.6 Å². The zero-order chi connectivity index (χ0) is 14.5. The first kappa shape index (κ1) is 14.7. The third kappa shape index (κ3) is 3.87. The number of carbonyl (C=O) groups excluding carboxylic acids is 1. The molecule has 0 saturated carbocycles. The van der Waals surface area contributed by atoms with Gasteiger partial charge in [0.1, 0.15) is 0 Å². The van der Waals surface area contributed by atoms with Crippen molar-refractivity contribution in [2.75, 3.05) is 0 Å². The Hall–Kier alpha value is -1.75. The maximum Gasteiger partial charge on any atom is 0.254 e. The van der Waals surface area contributed by atoms with Crippen LogP contribution in [0.2, 0.25) is 0 Å². The molecule has 0 spiro atoms. The molecule has 1 aromatic carbocycles. The maximum atomic E-state index is 13.4. The van der Waals surface area contributed by atoms with E-state index in [1.807, 2.05) is 31.2 Å². The van der Waals surface area contributed by atoms with Crippen LogP contribution in [0.4, 0.5) is 4.39 Å². The SMILES string of the molecule is CC(Cc1ccc(Br)cc1)NC(=O)c1ccncc1F. The van der Waals surface area contributed by atoms with Crippen LogP contribution in [0.15, 0.2) is 47.2 Å². The van der Waals surface area contributed by atoms with E-state index in [9.17, 15) is 9.18 Å². The van der Waals surface area contributed by atoms with E-state index in [4.69, 9.17) is 0 Å². The molecule has 0 fully saturated rings. The van der Waals surface area contributed by atoms with E-state index in [0.29, 0.717) is 6.42 Å². The molecule has 2 aromatic rings. The molecule has 20 heavy (non-hydrogen) atoms. The van der Waals surface area contributed by atoms with Crippen LogP contribution >= 0.6 is 15.9 Å². The predicted octanol–water partition coefficient (Wildman–Crippen LogP) is 3.34. The molecule has 0 bridgehead atoms. The van der Waals surface area contributed by atoms with E-state index in [1.165, 1.54) is 12.3 Å². The number of benzene rings is 1. The van der Waals surface area contributed by atoms with Crippen molar-refractivity contribution in [3.8, 4) is 0 Å². The first-order valence-electron chi connectivity index (χ1n) is 6.21. The summed E-state index contributed by atoms with van der Waals surface area (Å²) in [5, 5.41) is 2.78. The number of aromatic nitrogens is 1. The molecule has 104 valence electrons. The predicted molar refractivity (Wildman–Crippen MR) is 79.0 cm³/mol. The molecule has 1 amide bonds. The van der Waals surface area contributed by atoms with Gasteiger partial charge in [0.25, 0.3) is 5.91 Å². The lowest BCUT2D eigenvalue weighted by Gasteiger charge is -2.14. The fraction of sp³-hybridized carbons (Fsp3) is 0.200. The molecule has 1 heterocycles. The molecule has 0 aliphatic carbocycles. The Balaban J connectivity index is 1.98. The summed E-state index contributed by atoms with van der Waals surface area (Å²) in [7, 11) is 0. The molecule has 0 aliphatic rings. The topological polar surface area (TPSA) is 42.0 Å². The molecule has 0 radical (unpaired) electrons. The summed E-state index contributed by atoms with van der Waals surface area (Å²) in [5.41, 5.74) is 1.12. The lowest BCUT2D eigenvalue weighted by molar-refractivity contribution is 0.0936. The highest BCUT2D eigenvalue weighted by Gasteiger charge is 2.14. The summed E-state index contributed by atoms with van der Waals surface area (Å²) >= 11 is 3.37. The fourth-order valence-electron chi connectivity index (χ4n) is 1.89. The van der Waals surface area contributed by atoms with Gasteiger partial charge in [0.15, 0.2) is 5.82 Å². The number of nitrogens with zero attached hydrogens (tertiary/aromatic N) is 1. The summed E-state index contributed by atoms with van der Waals surface area (Å²) < 4.78 is 14.4. The summed E-state index contributed by atoms with van der Waals surface area (Å²) in [6, 6.07) is 9.16. The number of pyridine rings is 1. The highest BCUT2D eigenvalue weighted by atomic mass is 79.9. The van der Waals surface area contributed by atoms with Crippen LogP contribution in [0.1, 0.15) is 22.8 Å². The zero-order valence-corrected chi connectivity index (χ0v) is 12.5. The Labute approximate surface area is 125 Å². The Morgan fingerprint density at radius 1 is 1.35 bits per heavy atom. The van der Waals surface area contributed by atoms with Crippen molar-refractivity contribution in [1.29, 1.82) is 0 Å². The van der Waals surface area contributed by atoms with Gasteiger partial charge in [0.2, 0.25) is 0 Å². The van der Waals surface area contributed by atoms with Crippen molar-refractivity contribution >= 4 is 21.8 Å². The molecule has 0 saturated heterocycles. The van der Waals surface area contributed by atoms with Crippen LogP contribution in [0, 0.1) is 5.82 Å². The average Bonchev–Trinajstić information content (AvgIpc) is 2.41. The summed E-state index contributed by atoms with van der Waals surface area (Å²) in [6.45, 7) is 1.89. The van der Waals surface area contributed by atoms with Crippen molar-refractivity contribution in [1.82, 2.24) is 10.3 Å². The van der Waals surface area contributed by atoms with E-state index >= 15 is 0 Å². The van der Waals surface area contributed by atoms with Crippen LogP contribution in [0.3, 0.4) is 0 Å². The van der Waals surface area contributed by atoms with Gasteiger partial charge in [-0.05, 0) is 37.1 Å². The summed E-state index contributed by atoms with van der Waals surface area (Å²) in [4.78, 5) is 15.6. The third-order valence-corrected chi connectivity index (χ3v) is 3.38. The van der Waals surface area contributed by atoms with Gasteiger partial charge in [0.05, 0.1) is 11.8 Å². The Bertz CT molecular complexity index is 601. The number of hydrogen-bond acceptors (Lipinski definition) is 2. The summed E-state index contributed by atoms with van der Waals surface area (Å²) in [6.07, 6.45) is 3.12. The Morgan fingerprint density at radius 3 is 2.70 bits per heavy atom. The van der Waals surface area contributed by atoms with Crippen LogP contribution < -0.4 is 5.32 Å². The Kier molecular flexibility index (Phi) is 4.84. The normalized spacial score (nSPS) is 11.9. The van der Waals surface area contributed by atoms with E-state index < -0.39 is 11.7 Å². The van der Waals surface area contributed by atoms with Gasteiger partial charge in [-0.2, -0.15) is 0 Å². The second-order valence-electron chi connectivity index (χ2n) is 4.56. The molecular weight excluding hydrogens is 323 g/mol. The van der Waals surface area contributed by atoms with E-state index in [2.05, 4.69) is 26.2 Å². The first-order valence-corrected chi connectivity index (χ1v) is 7.00. The molecule has 1 aromatic heterocycles. The van der Waals surface area contributed by atoms with E-state index in [1.54, 1.807) is 0 Å². The number of hydrogen-bond donors (Lipinski definition) is 1. The van der Waals surface area contributed by atoms with Crippen molar-refractivity contribution in [2.45, 2.75) is 19.4 Å². The quantitative estimate of drug-likeness (QED) is 0.930. The van der Waals surface area contributed by atoms with Crippen LogP contribution in [0.5, 0.6) is 0 Å². The molecule has 1 atom stereocenters. The number of rotatable bonds is 4. The second-order valence-corrected chi connectivity index (χ2v) is 5.48. The van der Waals surface area contributed by atoms with Crippen molar-refractivity contribution in [3.05, 3.63) is 64.1 Å². The standard InChI is InChI=1S/C15H14BrFN2O/c1-10(8-11-2-4-12(16)5-3-11)19-15(20)13-6-7-18-9-14(13)17/h2-7,9-10H,8H2,1H3,(H,19,20). The summed E-state index contributed by atoms with van der Waals surface area (Å²) in [5.74, 6) is -1.03. The van der Waals surface area contributed by atoms with Gasteiger partial charge in [-0.3, -0.25) is 9.78 Å². The second kappa shape index (κ2) is 6.61. The minimum atomic E-state index is -0.610. The minimum absolute atomic E-state index is 0.0163. The van der Waals surface area contributed by atoms with Gasteiger partial charge in [0, 0.05) is 16.7 Å². The largest absolute Gasteiger partial charge is 0.349 e. The molecule has 1 N–H and O–H groups in total. The van der Waals surface area contributed by atoms with Crippen LogP contribution in [0.25, 0.3) is 0 Å². The molecule has 5 heteroatoms. The monoisotopic (exact) mass is 336 g/mol. The van der Waals surface area contributed by atoms with Crippen molar-refractivity contribution in [3.63, 3.8) is 0 Å². The van der Waals surface area contributed by atoms with Gasteiger partial charge in [-0.25, -0.2) is 4.39 Å². The molecule has 3 nitrogen and oxygen atoms in total. The fourth-order valence-corrected chi connectivity index (χ4v) is 2.15. The number of carbonyl (C=O) groups is 1.